The van der Waals surface area contributed by atoms with Crippen LogP contribution in [0, 0.1) is 0 Å². The second-order valence-electron chi connectivity index (χ2n) is 5.36. The molecule has 0 radical (unpaired) electrons. The lowest BCUT2D eigenvalue weighted by atomic mass is 9.90. The molecule has 1 aliphatic carbocycles. The van der Waals surface area contributed by atoms with Crippen LogP contribution in [0.15, 0.2) is 18.2 Å². The summed E-state index contributed by atoms with van der Waals surface area (Å²) in [5.74, 6) is 1.20. The van der Waals surface area contributed by atoms with Crippen molar-refractivity contribution in [3.8, 4) is 5.75 Å². The van der Waals surface area contributed by atoms with Crippen molar-refractivity contribution in [2.24, 2.45) is 0 Å². The first-order valence-corrected chi connectivity index (χ1v) is 7.60. The lowest BCUT2D eigenvalue weighted by molar-refractivity contribution is 0.0972. The van der Waals surface area contributed by atoms with Crippen molar-refractivity contribution in [3.05, 3.63) is 29.3 Å². The zero-order chi connectivity index (χ0) is 13.5. The lowest BCUT2D eigenvalue weighted by Gasteiger charge is -2.16. The molecule has 0 saturated carbocycles. The maximum atomic E-state index is 11.7. The Bertz CT molecular complexity index is 423. The summed E-state index contributed by atoms with van der Waals surface area (Å²) in [6.45, 7) is 3.02. The highest BCUT2D eigenvalue weighted by atomic mass is 16.5. The molecule has 1 aromatic rings. The molecule has 0 N–H and O–H groups in total. The molecule has 0 saturated heterocycles. The summed E-state index contributed by atoms with van der Waals surface area (Å²) in [4.78, 5) is 11.7. The quantitative estimate of drug-likeness (QED) is 0.672. The van der Waals surface area contributed by atoms with Gasteiger partial charge in [-0.25, -0.2) is 0 Å². The van der Waals surface area contributed by atoms with Gasteiger partial charge < -0.3 is 4.74 Å². The normalized spacial score (nSPS) is 14.3. The number of ketones is 1. The lowest BCUT2D eigenvalue weighted by Crippen LogP contribution is -2.10. The molecule has 104 valence electrons. The molecule has 0 aromatic heterocycles. The second-order valence-corrected chi connectivity index (χ2v) is 5.36. The van der Waals surface area contributed by atoms with Crippen LogP contribution in [-0.2, 0) is 6.42 Å². The molecule has 2 nitrogen and oxygen atoms in total. The van der Waals surface area contributed by atoms with E-state index in [9.17, 15) is 4.79 Å². The highest BCUT2D eigenvalue weighted by Crippen LogP contribution is 2.25. The average molecular weight is 260 g/mol. The van der Waals surface area contributed by atoms with Gasteiger partial charge in [-0.1, -0.05) is 32.6 Å². The molecule has 0 unspecified atom stereocenters. The Balaban J connectivity index is 1.80. The number of Topliss-reactive ketones (excluding diaryl/α,β-unsaturated/α-hetero) is 1. The van der Waals surface area contributed by atoms with E-state index in [0.717, 1.165) is 37.2 Å². The third-order valence-electron chi connectivity index (χ3n) is 3.74. The van der Waals surface area contributed by atoms with E-state index in [-0.39, 0.29) is 5.78 Å². The number of hydrogen-bond donors (Lipinski definition) is 0. The van der Waals surface area contributed by atoms with Crippen molar-refractivity contribution in [3.63, 3.8) is 0 Å². The van der Waals surface area contributed by atoms with Crippen LogP contribution in [0.5, 0.6) is 5.75 Å². The van der Waals surface area contributed by atoms with Crippen molar-refractivity contribution in [2.45, 2.75) is 58.3 Å². The number of carbonyl (C=O) groups is 1. The zero-order valence-electron chi connectivity index (χ0n) is 11.9. The predicted octanol–water partition coefficient (Wildman–Crippen LogP) is 4.55. The molecule has 0 spiro atoms. The molecule has 1 aliphatic rings. The van der Waals surface area contributed by atoms with Gasteiger partial charge in [-0.3, -0.25) is 4.79 Å². The number of fused-ring (bicyclic) bond motifs is 1. The molecule has 19 heavy (non-hydrogen) atoms. The summed E-state index contributed by atoms with van der Waals surface area (Å²) in [7, 11) is 0. The second kappa shape index (κ2) is 7.32. The summed E-state index contributed by atoms with van der Waals surface area (Å²) in [5.41, 5.74) is 2.07. The van der Waals surface area contributed by atoms with Crippen LogP contribution in [0.1, 0.15) is 67.8 Å². The molecule has 1 aromatic carbocycles. The number of benzene rings is 1. The molecule has 0 heterocycles. The number of carbonyl (C=O) groups excluding carboxylic acids is 1. The summed E-state index contributed by atoms with van der Waals surface area (Å²) in [5, 5.41) is 0. The van der Waals surface area contributed by atoms with Gasteiger partial charge in [-0.2, -0.15) is 0 Å². The highest BCUT2D eigenvalue weighted by Gasteiger charge is 2.17. The SMILES string of the molecule is CCCCCCCOc1ccc2c(c1)CCCC2=O. The topological polar surface area (TPSA) is 26.3 Å². The van der Waals surface area contributed by atoms with E-state index in [4.69, 9.17) is 4.74 Å². The Morgan fingerprint density at radius 1 is 1.11 bits per heavy atom. The maximum absolute atomic E-state index is 11.7. The van der Waals surface area contributed by atoms with Gasteiger partial charge in [-0.05, 0) is 43.0 Å². The fraction of sp³-hybridized carbons (Fsp3) is 0.588. The maximum Gasteiger partial charge on any atom is 0.163 e. The Morgan fingerprint density at radius 2 is 1.95 bits per heavy atom. The molecule has 0 amide bonds. The first kappa shape index (κ1) is 14.1. The third kappa shape index (κ3) is 4.09. The van der Waals surface area contributed by atoms with Gasteiger partial charge in [0.2, 0.25) is 0 Å². The average Bonchev–Trinajstić information content (AvgIpc) is 2.43. The molecule has 0 fully saturated rings. The molecular formula is C17H24O2. The fourth-order valence-corrected chi connectivity index (χ4v) is 2.61. The van der Waals surface area contributed by atoms with Gasteiger partial charge >= 0.3 is 0 Å². The minimum atomic E-state index is 0.285. The van der Waals surface area contributed by atoms with E-state index in [2.05, 4.69) is 13.0 Å². The van der Waals surface area contributed by atoms with Gasteiger partial charge in [0.15, 0.2) is 5.78 Å². The Morgan fingerprint density at radius 3 is 2.79 bits per heavy atom. The number of rotatable bonds is 7. The van der Waals surface area contributed by atoms with Crippen molar-refractivity contribution in [1.29, 1.82) is 0 Å². The summed E-state index contributed by atoms with van der Waals surface area (Å²) in [6.07, 6.45) is 8.96. The molecule has 0 atom stereocenters. The van der Waals surface area contributed by atoms with E-state index in [1.165, 1.54) is 31.2 Å². The van der Waals surface area contributed by atoms with E-state index >= 15 is 0 Å². The van der Waals surface area contributed by atoms with Gasteiger partial charge in [0, 0.05) is 12.0 Å². The first-order chi connectivity index (χ1) is 9.31. The van der Waals surface area contributed by atoms with Crippen LogP contribution in [0.25, 0.3) is 0 Å². The van der Waals surface area contributed by atoms with Gasteiger partial charge in [0.05, 0.1) is 6.61 Å². The van der Waals surface area contributed by atoms with E-state index in [1.807, 2.05) is 12.1 Å². The van der Waals surface area contributed by atoms with Crippen LogP contribution >= 0.6 is 0 Å². The fourth-order valence-electron chi connectivity index (χ4n) is 2.61. The number of hydrogen-bond acceptors (Lipinski definition) is 2. The van der Waals surface area contributed by atoms with Crippen molar-refractivity contribution in [2.75, 3.05) is 6.61 Å². The van der Waals surface area contributed by atoms with Gasteiger partial charge in [0.1, 0.15) is 5.75 Å². The molecule has 0 bridgehead atoms. The summed E-state index contributed by atoms with van der Waals surface area (Å²) >= 11 is 0. The van der Waals surface area contributed by atoms with Crippen LogP contribution in [0.2, 0.25) is 0 Å². The van der Waals surface area contributed by atoms with Crippen LogP contribution in [0.4, 0.5) is 0 Å². The van der Waals surface area contributed by atoms with E-state index in [1.54, 1.807) is 0 Å². The predicted molar refractivity (Wildman–Crippen MR) is 78.0 cm³/mol. The van der Waals surface area contributed by atoms with Crippen LogP contribution < -0.4 is 4.74 Å². The number of unbranched alkanes of at least 4 members (excludes halogenated alkanes) is 4. The Hall–Kier alpha value is -1.31. The minimum absolute atomic E-state index is 0.285. The minimum Gasteiger partial charge on any atom is -0.494 e. The van der Waals surface area contributed by atoms with Crippen molar-refractivity contribution in [1.82, 2.24) is 0 Å². The smallest absolute Gasteiger partial charge is 0.163 e. The van der Waals surface area contributed by atoms with Crippen LogP contribution in [0.3, 0.4) is 0 Å². The van der Waals surface area contributed by atoms with E-state index in [0.29, 0.717) is 6.42 Å². The van der Waals surface area contributed by atoms with E-state index < -0.39 is 0 Å². The third-order valence-corrected chi connectivity index (χ3v) is 3.74. The molecular weight excluding hydrogens is 236 g/mol. The first-order valence-electron chi connectivity index (χ1n) is 7.60. The van der Waals surface area contributed by atoms with Crippen molar-refractivity contribution < 1.29 is 9.53 Å². The summed E-state index contributed by atoms with van der Waals surface area (Å²) in [6, 6.07) is 5.93. The standard InChI is InChI=1S/C17H24O2/c1-2-3-4-5-6-12-19-15-10-11-16-14(13-15)8-7-9-17(16)18/h10-11,13H,2-9,12H2,1H3. The zero-order valence-corrected chi connectivity index (χ0v) is 11.9. The monoisotopic (exact) mass is 260 g/mol. The summed E-state index contributed by atoms with van der Waals surface area (Å²) < 4.78 is 5.78. The molecule has 0 aliphatic heterocycles. The van der Waals surface area contributed by atoms with Crippen LogP contribution in [-0.4, -0.2) is 12.4 Å². The Labute approximate surface area is 116 Å². The highest BCUT2D eigenvalue weighted by molar-refractivity contribution is 5.98. The molecule has 2 heteroatoms. The Kier molecular flexibility index (Phi) is 5.44. The van der Waals surface area contributed by atoms with Gasteiger partial charge in [-0.15, -0.1) is 0 Å². The van der Waals surface area contributed by atoms with Crippen molar-refractivity contribution >= 4 is 5.78 Å². The molecule has 2 rings (SSSR count). The number of ether oxygens (including phenoxy) is 1. The largest absolute Gasteiger partial charge is 0.494 e. The van der Waals surface area contributed by atoms with Gasteiger partial charge in [0.25, 0.3) is 0 Å². The number of aryl methyl sites for hydroxylation is 1.